The van der Waals surface area contributed by atoms with Crippen molar-refractivity contribution in [3.63, 3.8) is 0 Å². The second-order valence-electron chi connectivity index (χ2n) is 10.1. The minimum atomic E-state index is -1.13. The number of nitrogens with zero attached hydrogens (tertiary/aromatic N) is 1. The molecule has 1 aromatic carbocycles. The second kappa shape index (κ2) is 12.5. The molecule has 3 N–H and O–H groups in total. The Morgan fingerprint density at radius 1 is 1.27 bits per heavy atom. The summed E-state index contributed by atoms with van der Waals surface area (Å²) in [6, 6.07) is 7.98. The van der Waals surface area contributed by atoms with Gasteiger partial charge in [-0.15, -0.1) is 0 Å². The average molecular weight is 463 g/mol. The molecule has 0 amide bonds. The molecule has 0 spiro atoms. The molecule has 186 valence electrons. The third-order valence-corrected chi connectivity index (χ3v) is 6.53. The van der Waals surface area contributed by atoms with Crippen molar-refractivity contribution in [1.29, 1.82) is 0 Å². The van der Waals surface area contributed by atoms with Gasteiger partial charge in [-0.25, -0.2) is 4.79 Å². The number of rotatable bonds is 10. The van der Waals surface area contributed by atoms with Crippen LogP contribution >= 0.6 is 0 Å². The van der Waals surface area contributed by atoms with Crippen molar-refractivity contribution < 1.29 is 24.2 Å². The molecule has 0 heterocycles. The molecule has 4 unspecified atom stereocenters. The number of carbonyl (C=O) groups excluding carboxylic acids is 2. The zero-order chi connectivity index (χ0) is 24.6. The first-order valence-corrected chi connectivity index (χ1v) is 12.1. The molecular formula is C26H42N2O5. The number of hydrogen-bond acceptors (Lipinski definition) is 7. The lowest BCUT2D eigenvalue weighted by Crippen LogP contribution is -2.47. The van der Waals surface area contributed by atoms with E-state index >= 15 is 0 Å². The van der Waals surface area contributed by atoms with Crippen LogP contribution in [0.3, 0.4) is 0 Å². The first kappa shape index (κ1) is 27.3. The Bertz CT molecular complexity index is 782. The average Bonchev–Trinajstić information content (AvgIpc) is 2.74. The monoisotopic (exact) mass is 462 g/mol. The van der Waals surface area contributed by atoms with Gasteiger partial charge in [0.05, 0.1) is 12.0 Å². The van der Waals surface area contributed by atoms with E-state index in [0.717, 1.165) is 30.5 Å². The normalized spacial score (nSPS) is 24.0. The smallest absolute Gasteiger partial charge is 0.430 e. The summed E-state index contributed by atoms with van der Waals surface area (Å²) in [5, 5.41) is 11.8. The van der Waals surface area contributed by atoms with Crippen molar-refractivity contribution in [3.05, 3.63) is 35.4 Å². The molecule has 4 atom stereocenters. The van der Waals surface area contributed by atoms with Crippen LogP contribution in [-0.2, 0) is 26.3 Å². The number of hydrogen-bond donors (Lipinski definition) is 2. The standard InChI is InChI=1S/C26H42N2O5/c1-6-19-8-7-9-21(13-19)26(31)15-23(11-10-22(26)17-28(4)5)32-25(30)33-24(29)14-20(16-27)12-18(2)3/h7-9,13,18,20,22-23,31H,6,10-12,14-17,27H2,1-5H3. The second-order valence-corrected chi connectivity index (χ2v) is 10.1. The molecule has 1 aromatic rings. The van der Waals surface area contributed by atoms with Gasteiger partial charge >= 0.3 is 12.1 Å². The zero-order valence-electron chi connectivity index (χ0n) is 20.9. The molecule has 0 aliphatic heterocycles. The highest BCUT2D eigenvalue weighted by molar-refractivity contribution is 5.82. The lowest BCUT2D eigenvalue weighted by molar-refractivity contribution is -0.144. The van der Waals surface area contributed by atoms with Crippen LogP contribution in [0, 0.1) is 17.8 Å². The molecule has 0 saturated heterocycles. The van der Waals surface area contributed by atoms with Crippen LogP contribution in [0.4, 0.5) is 4.79 Å². The van der Waals surface area contributed by atoms with Gasteiger partial charge in [0, 0.05) is 18.9 Å². The van der Waals surface area contributed by atoms with Gasteiger partial charge in [-0.2, -0.15) is 0 Å². The Morgan fingerprint density at radius 3 is 2.61 bits per heavy atom. The van der Waals surface area contributed by atoms with E-state index in [4.69, 9.17) is 15.2 Å². The Labute approximate surface area is 198 Å². The van der Waals surface area contributed by atoms with Crippen molar-refractivity contribution in [1.82, 2.24) is 4.90 Å². The maximum atomic E-state index is 12.3. The number of carbonyl (C=O) groups is 2. The van der Waals surface area contributed by atoms with Crippen molar-refractivity contribution in [3.8, 4) is 0 Å². The molecule has 0 aromatic heterocycles. The molecule has 0 bridgehead atoms. The Balaban J connectivity index is 2.06. The third kappa shape index (κ3) is 8.09. The zero-order valence-corrected chi connectivity index (χ0v) is 20.9. The first-order valence-electron chi connectivity index (χ1n) is 12.1. The fourth-order valence-corrected chi connectivity index (χ4v) is 4.90. The van der Waals surface area contributed by atoms with E-state index < -0.39 is 23.8 Å². The van der Waals surface area contributed by atoms with Gasteiger partial charge in [0.15, 0.2) is 0 Å². The highest BCUT2D eigenvalue weighted by Crippen LogP contribution is 2.43. The lowest BCUT2D eigenvalue weighted by atomic mass is 9.70. The molecule has 7 nitrogen and oxygen atoms in total. The Hall–Kier alpha value is -1.96. The fraction of sp³-hybridized carbons (Fsp3) is 0.692. The molecule has 1 fully saturated rings. The Morgan fingerprint density at radius 2 is 2.00 bits per heavy atom. The van der Waals surface area contributed by atoms with Gasteiger partial charge in [0.1, 0.15) is 6.10 Å². The predicted molar refractivity (Wildman–Crippen MR) is 129 cm³/mol. The summed E-state index contributed by atoms with van der Waals surface area (Å²) in [6.45, 7) is 7.29. The maximum Gasteiger partial charge on any atom is 0.516 e. The summed E-state index contributed by atoms with van der Waals surface area (Å²) in [7, 11) is 3.98. The van der Waals surface area contributed by atoms with Crippen LogP contribution in [0.25, 0.3) is 0 Å². The first-order chi connectivity index (χ1) is 15.6. The van der Waals surface area contributed by atoms with E-state index in [2.05, 4.69) is 25.7 Å². The minimum Gasteiger partial charge on any atom is -0.430 e. The molecule has 1 aliphatic rings. The van der Waals surface area contributed by atoms with Crippen LogP contribution in [0.15, 0.2) is 24.3 Å². The number of esters is 1. The summed E-state index contributed by atoms with van der Waals surface area (Å²) in [6.07, 6.45) is 1.79. The van der Waals surface area contributed by atoms with Crippen LogP contribution in [0.5, 0.6) is 0 Å². The van der Waals surface area contributed by atoms with Gasteiger partial charge in [0.25, 0.3) is 0 Å². The highest BCUT2D eigenvalue weighted by Gasteiger charge is 2.45. The predicted octanol–water partition coefficient (Wildman–Crippen LogP) is 3.86. The fourth-order valence-electron chi connectivity index (χ4n) is 4.90. The number of aryl methyl sites for hydroxylation is 1. The summed E-state index contributed by atoms with van der Waals surface area (Å²) in [5.74, 6) is -0.246. The Kier molecular flexibility index (Phi) is 10.3. The topological polar surface area (TPSA) is 102 Å². The van der Waals surface area contributed by atoms with Crippen LogP contribution < -0.4 is 5.73 Å². The van der Waals surface area contributed by atoms with Gasteiger partial charge in [0.2, 0.25) is 0 Å². The summed E-state index contributed by atoms with van der Waals surface area (Å²) in [4.78, 5) is 26.6. The van der Waals surface area contributed by atoms with E-state index in [-0.39, 0.29) is 24.7 Å². The van der Waals surface area contributed by atoms with Crippen LogP contribution in [0.1, 0.15) is 64.0 Å². The molecule has 7 heteroatoms. The van der Waals surface area contributed by atoms with E-state index in [1.807, 2.05) is 38.4 Å². The maximum absolute atomic E-state index is 12.3. The largest absolute Gasteiger partial charge is 0.516 e. The van der Waals surface area contributed by atoms with Crippen LogP contribution in [-0.4, -0.2) is 55.4 Å². The van der Waals surface area contributed by atoms with Crippen molar-refractivity contribution >= 4 is 12.1 Å². The summed E-state index contributed by atoms with van der Waals surface area (Å²) < 4.78 is 10.4. The molecule has 2 rings (SSSR count). The number of nitrogens with two attached hydrogens (primary N) is 1. The lowest BCUT2D eigenvalue weighted by Gasteiger charge is -2.44. The van der Waals surface area contributed by atoms with E-state index in [9.17, 15) is 14.7 Å². The molecule has 33 heavy (non-hydrogen) atoms. The molecular weight excluding hydrogens is 420 g/mol. The van der Waals surface area contributed by atoms with E-state index in [0.29, 0.717) is 25.3 Å². The van der Waals surface area contributed by atoms with E-state index in [1.54, 1.807) is 0 Å². The molecule has 0 radical (unpaired) electrons. The SMILES string of the molecule is CCc1cccc(C2(O)CC(OC(=O)OC(=O)CC(CN)CC(C)C)CCC2CN(C)C)c1. The van der Waals surface area contributed by atoms with Gasteiger partial charge < -0.3 is 25.2 Å². The van der Waals surface area contributed by atoms with Gasteiger partial charge in [-0.1, -0.05) is 45.0 Å². The van der Waals surface area contributed by atoms with Crippen molar-refractivity contribution in [2.45, 2.75) is 71.0 Å². The molecule has 1 aliphatic carbocycles. The number of benzene rings is 1. The van der Waals surface area contributed by atoms with Crippen LogP contribution in [0.2, 0.25) is 0 Å². The van der Waals surface area contributed by atoms with Crippen molar-refractivity contribution in [2.24, 2.45) is 23.5 Å². The minimum absolute atomic E-state index is 0.00143. The van der Waals surface area contributed by atoms with E-state index in [1.165, 1.54) is 0 Å². The molecule has 1 saturated carbocycles. The van der Waals surface area contributed by atoms with Crippen molar-refractivity contribution in [2.75, 3.05) is 27.2 Å². The summed E-state index contributed by atoms with van der Waals surface area (Å²) >= 11 is 0. The number of aliphatic hydroxyl groups is 1. The van der Waals surface area contributed by atoms with Gasteiger partial charge in [-0.3, -0.25) is 4.79 Å². The quantitative estimate of drug-likeness (QED) is 0.402. The summed E-state index contributed by atoms with van der Waals surface area (Å²) in [5.41, 5.74) is 6.60. The third-order valence-electron chi connectivity index (χ3n) is 6.53. The number of ether oxygens (including phenoxy) is 2. The highest BCUT2D eigenvalue weighted by atomic mass is 16.7. The van der Waals surface area contributed by atoms with Gasteiger partial charge in [-0.05, 0) is 69.3 Å².